The van der Waals surface area contributed by atoms with Crippen molar-refractivity contribution in [2.75, 3.05) is 0 Å². The first kappa shape index (κ1) is 25.1. The molecular weight excluding hydrogens is 394 g/mol. The first-order chi connectivity index (χ1) is 13.8. The predicted octanol–water partition coefficient (Wildman–Crippen LogP) is 4.26. The molecule has 1 aromatic rings. The van der Waals surface area contributed by atoms with Gasteiger partial charge in [0.15, 0.2) is 5.75 Å². The molecule has 0 aliphatic heterocycles. The van der Waals surface area contributed by atoms with E-state index in [0.29, 0.717) is 19.3 Å². The van der Waals surface area contributed by atoms with Crippen LogP contribution in [0.15, 0.2) is 29.2 Å². The molecule has 8 heteroatoms. The highest BCUT2D eigenvalue weighted by molar-refractivity contribution is 7.86. The van der Waals surface area contributed by atoms with E-state index in [2.05, 4.69) is 12.2 Å². The molecule has 1 unspecified atom stereocenters. The molecule has 1 aromatic carbocycles. The Hall–Kier alpha value is -1.93. The maximum atomic E-state index is 12.1. The highest BCUT2D eigenvalue weighted by Crippen LogP contribution is 2.23. The summed E-state index contributed by atoms with van der Waals surface area (Å²) < 4.78 is 37.0. The molecule has 2 N–H and O–H groups in total. The van der Waals surface area contributed by atoms with Gasteiger partial charge in [0.1, 0.15) is 4.90 Å². The molecule has 0 aromatic heterocycles. The summed E-state index contributed by atoms with van der Waals surface area (Å²) in [5, 5.41) is 2.94. The second-order valence-electron chi connectivity index (χ2n) is 7.12. The summed E-state index contributed by atoms with van der Waals surface area (Å²) in [5.41, 5.74) is 0. The minimum atomic E-state index is -4.48. The van der Waals surface area contributed by atoms with Crippen LogP contribution in [-0.4, -0.2) is 30.9 Å². The average Bonchev–Trinajstić information content (AvgIpc) is 2.67. The molecule has 0 bridgehead atoms. The van der Waals surface area contributed by atoms with Gasteiger partial charge in [-0.15, -0.1) is 0 Å². The van der Waals surface area contributed by atoms with E-state index in [0.717, 1.165) is 25.3 Å². The van der Waals surface area contributed by atoms with Gasteiger partial charge in [-0.05, 0) is 31.4 Å². The van der Waals surface area contributed by atoms with E-state index in [1.165, 1.54) is 37.5 Å². The molecule has 0 heterocycles. The fraction of sp³-hybridized carbons (Fsp3) is 0.619. The second kappa shape index (κ2) is 13.3. The molecule has 0 aliphatic rings. The van der Waals surface area contributed by atoms with Gasteiger partial charge in [0.2, 0.25) is 5.91 Å². The smallest absolute Gasteiger partial charge is 0.311 e. The summed E-state index contributed by atoms with van der Waals surface area (Å²) in [4.78, 5) is 23.7. The van der Waals surface area contributed by atoms with E-state index in [9.17, 15) is 22.6 Å². The van der Waals surface area contributed by atoms with Gasteiger partial charge in [0.05, 0.1) is 0 Å². The van der Waals surface area contributed by atoms with Gasteiger partial charge in [-0.3, -0.25) is 14.1 Å². The second-order valence-corrected chi connectivity index (χ2v) is 8.51. The van der Waals surface area contributed by atoms with Crippen LogP contribution in [0.25, 0.3) is 0 Å². The third kappa shape index (κ3) is 10.4. The number of benzene rings is 1. The van der Waals surface area contributed by atoms with E-state index in [4.69, 9.17) is 4.74 Å². The first-order valence-corrected chi connectivity index (χ1v) is 11.8. The number of carbonyl (C=O) groups is 2. The van der Waals surface area contributed by atoms with Crippen molar-refractivity contribution in [3.63, 3.8) is 0 Å². The normalized spacial score (nSPS) is 12.4. The summed E-state index contributed by atoms with van der Waals surface area (Å²) in [5.74, 6) is -0.845. The quantitative estimate of drug-likeness (QED) is 0.199. The lowest BCUT2D eigenvalue weighted by Gasteiger charge is -2.17. The number of rotatable bonds is 14. The summed E-state index contributed by atoms with van der Waals surface area (Å²) in [6, 6.07) is 5.25. The van der Waals surface area contributed by atoms with Crippen LogP contribution in [0.2, 0.25) is 0 Å². The molecule has 1 atom stereocenters. The lowest BCUT2D eigenvalue weighted by Crippen LogP contribution is -2.34. The maximum absolute atomic E-state index is 12.1. The number of unbranched alkanes of at least 4 members (excludes halogenated alkanes) is 5. The topological polar surface area (TPSA) is 110 Å². The van der Waals surface area contributed by atoms with Crippen molar-refractivity contribution in [2.45, 2.75) is 89.0 Å². The summed E-state index contributed by atoms with van der Waals surface area (Å²) in [6.45, 7) is 4.09. The van der Waals surface area contributed by atoms with Gasteiger partial charge < -0.3 is 10.1 Å². The van der Waals surface area contributed by atoms with Crippen molar-refractivity contribution in [3.8, 4) is 5.75 Å². The number of hydrogen-bond donors (Lipinski definition) is 2. The fourth-order valence-electron chi connectivity index (χ4n) is 2.96. The van der Waals surface area contributed by atoms with Crippen LogP contribution in [-0.2, 0) is 19.7 Å². The Morgan fingerprint density at radius 1 is 1.03 bits per heavy atom. The Balaban J connectivity index is 2.41. The minimum absolute atomic E-state index is 0.0163. The van der Waals surface area contributed by atoms with Crippen LogP contribution in [0.1, 0.15) is 78.1 Å². The van der Waals surface area contributed by atoms with E-state index < -0.39 is 21.0 Å². The van der Waals surface area contributed by atoms with Gasteiger partial charge in [-0.2, -0.15) is 8.42 Å². The van der Waals surface area contributed by atoms with E-state index in [1.54, 1.807) is 0 Å². The van der Waals surface area contributed by atoms with Crippen LogP contribution >= 0.6 is 0 Å². The van der Waals surface area contributed by atoms with E-state index in [-0.39, 0.29) is 24.1 Å². The van der Waals surface area contributed by atoms with Crippen LogP contribution in [0.5, 0.6) is 5.75 Å². The van der Waals surface area contributed by atoms with Crippen molar-refractivity contribution < 1.29 is 27.3 Å². The molecule has 0 aliphatic carbocycles. The Bertz CT molecular complexity index is 747. The molecule has 0 saturated heterocycles. The summed E-state index contributed by atoms with van der Waals surface area (Å²) >= 11 is 0. The predicted molar refractivity (Wildman–Crippen MR) is 111 cm³/mol. The Morgan fingerprint density at radius 2 is 1.69 bits per heavy atom. The monoisotopic (exact) mass is 427 g/mol. The van der Waals surface area contributed by atoms with Gasteiger partial charge in [0.25, 0.3) is 10.1 Å². The lowest BCUT2D eigenvalue weighted by atomic mass is 10.1. The van der Waals surface area contributed by atoms with Crippen molar-refractivity contribution in [1.29, 1.82) is 0 Å². The maximum Gasteiger partial charge on any atom is 0.311 e. The first-order valence-electron chi connectivity index (χ1n) is 10.3. The highest BCUT2D eigenvalue weighted by atomic mass is 32.2. The number of esters is 1. The van der Waals surface area contributed by atoms with Crippen molar-refractivity contribution in [2.24, 2.45) is 0 Å². The average molecular weight is 428 g/mol. The molecule has 0 spiro atoms. The van der Waals surface area contributed by atoms with Crippen LogP contribution in [0.4, 0.5) is 0 Å². The number of para-hydroxylation sites is 1. The van der Waals surface area contributed by atoms with Gasteiger partial charge in [-0.1, -0.05) is 58.1 Å². The largest absolute Gasteiger partial charge is 0.425 e. The number of nitrogens with one attached hydrogen (secondary N) is 1. The third-order valence-corrected chi connectivity index (χ3v) is 5.56. The molecule has 0 radical (unpaired) electrons. The van der Waals surface area contributed by atoms with Crippen LogP contribution in [0.3, 0.4) is 0 Å². The van der Waals surface area contributed by atoms with Crippen molar-refractivity contribution in [3.05, 3.63) is 24.3 Å². The highest BCUT2D eigenvalue weighted by Gasteiger charge is 2.19. The number of ether oxygens (including phenoxy) is 1. The molecule has 164 valence electrons. The summed E-state index contributed by atoms with van der Waals surface area (Å²) in [7, 11) is -4.48. The third-order valence-electron chi connectivity index (χ3n) is 4.66. The summed E-state index contributed by atoms with van der Waals surface area (Å²) in [6.07, 6.45) is 8.27. The molecular formula is C21H33NO6S. The van der Waals surface area contributed by atoms with E-state index in [1.807, 2.05) is 6.92 Å². The van der Waals surface area contributed by atoms with Gasteiger partial charge in [-0.25, -0.2) is 0 Å². The zero-order valence-corrected chi connectivity index (χ0v) is 18.2. The Kier molecular flexibility index (Phi) is 11.5. The van der Waals surface area contributed by atoms with Crippen LogP contribution < -0.4 is 10.1 Å². The van der Waals surface area contributed by atoms with E-state index >= 15 is 0 Å². The van der Waals surface area contributed by atoms with Crippen molar-refractivity contribution in [1.82, 2.24) is 5.32 Å². The Morgan fingerprint density at radius 3 is 2.34 bits per heavy atom. The lowest BCUT2D eigenvalue weighted by molar-refractivity contribution is -0.135. The minimum Gasteiger partial charge on any atom is -0.425 e. The standard InChI is InChI=1S/C21H33NO6S/c1-3-5-6-7-8-9-14-20(23)22-17(4-2)15-16-21(24)28-18-12-10-11-13-19(18)29(25,26)27/h10-13,17H,3-9,14-16H2,1-2H3,(H,22,23)(H,25,26,27). The molecule has 29 heavy (non-hydrogen) atoms. The number of carbonyl (C=O) groups excluding carboxylic acids is 2. The van der Waals surface area contributed by atoms with Gasteiger partial charge in [0, 0.05) is 18.9 Å². The van der Waals surface area contributed by atoms with Crippen LogP contribution in [0, 0.1) is 0 Å². The zero-order valence-electron chi connectivity index (χ0n) is 17.4. The molecule has 0 fully saturated rings. The molecule has 1 amide bonds. The number of amides is 1. The number of hydrogen-bond acceptors (Lipinski definition) is 5. The van der Waals surface area contributed by atoms with Gasteiger partial charge >= 0.3 is 5.97 Å². The zero-order chi connectivity index (χ0) is 21.7. The molecule has 0 saturated carbocycles. The van der Waals surface area contributed by atoms with Crippen molar-refractivity contribution >= 4 is 22.0 Å². The SMILES string of the molecule is CCCCCCCCC(=O)NC(CC)CCC(=O)Oc1ccccc1S(=O)(=O)O. The molecule has 1 rings (SSSR count). The fourth-order valence-corrected chi connectivity index (χ4v) is 3.57. The molecule has 7 nitrogen and oxygen atoms in total. The Labute approximate surface area is 174 Å².